The summed E-state index contributed by atoms with van der Waals surface area (Å²) in [4.78, 5) is 4.81. The predicted molar refractivity (Wildman–Crippen MR) is 119 cm³/mol. The van der Waals surface area contributed by atoms with Gasteiger partial charge in [0.15, 0.2) is 0 Å². The Hall–Kier alpha value is -3.42. The summed E-state index contributed by atoms with van der Waals surface area (Å²) in [5.41, 5.74) is 8.24. The first-order valence-electron chi connectivity index (χ1n) is 8.91. The van der Waals surface area contributed by atoms with Crippen LogP contribution in [-0.2, 0) is 0 Å². The van der Waals surface area contributed by atoms with Crippen molar-refractivity contribution in [2.24, 2.45) is 4.99 Å². The first-order chi connectivity index (χ1) is 14.2. The van der Waals surface area contributed by atoms with E-state index >= 15 is 0 Å². The van der Waals surface area contributed by atoms with Crippen LogP contribution in [0.3, 0.4) is 0 Å². The molecule has 0 aliphatic rings. The molecule has 29 heavy (non-hydrogen) atoms. The number of rotatable bonds is 1. The highest BCUT2D eigenvalue weighted by Gasteiger charge is 2.14. The van der Waals surface area contributed by atoms with Crippen molar-refractivity contribution >= 4 is 76.2 Å². The van der Waals surface area contributed by atoms with Crippen LogP contribution in [0, 0.1) is 5.41 Å². The van der Waals surface area contributed by atoms with Gasteiger partial charge in [-0.25, -0.2) is 4.99 Å². The van der Waals surface area contributed by atoms with Crippen molar-refractivity contribution in [1.29, 1.82) is 5.41 Å². The lowest BCUT2D eigenvalue weighted by Crippen LogP contribution is -2.04. The third-order valence-electron chi connectivity index (χ3n) is 5.01. The number of hydrogen-bond donors (Lipinski definition) is 2. The summed E-state index contributed by atoms with van der Waals surface area (Å²) >= 11 is 2.94. The molecule has 0 saturated heterocycles. The molecule has 6 rings (SSSR count). The van der Waals surface area contributed by atoms with E-state index in [-0.39, 0.29) is 5.55 Å². The fourth-order valence-electron chi connectivity index (χ4n) is 3.68. The number of fused-ring (bicyclic) bond motifs is 6. The van der Waals surface area contributed by atoms with Gasteiger partial charge in [0.05, 0.1) is 15.8 Å². The molecule has 0 fully saturated rings. The van der Waals surface area contributed by atoms with Crippen LogP contribution in [0.5, 0.6) is 0 Å². The maximum absolute atomic E-state index is 8.40. The molecule has 0 amide bonds. The van der Waals surface area contributed by atoms with Crippen LogP contribution in [0.15, 0.2) is 73.1 Å². The molecule has 0 atom stereocenters. The van der Waals surface area contributed by atoms with Gasteiger partial charge in [0.1, 0.15) is 16.2 Å². The van der Waals surface area contributed by atoms with E-state index in [9.17, 15) is 0 Å². The Morgan fingerprint density at radius 2 is 1.38 bits per heavy atom. The highest BCUT2D eigenvalue weighted by molar-refractivity contribution is 7.16. The second kappa shape index (κ2) is 6.04. The van der Waals surface area contributed by atoms with Gasteiger partial charge < -0.3 is 14.6 Å². The largest absolute Gasteiger partial charge is 0.438 e. The molecule has 0 radical (unpaired) electrons. The van der Waals surface area contributed by atoms with Crippen molar-refractivity contribution in [2.75, 3.05) is 5.73 Å². The summed E-state index contributed by atoms with van der Waals surface area (Å²) in [6, 6.07) is 15.6. The molecule has 7 heteroatoms. The summed E-state index contributed by atoms with van der Waals surface area (Å²) in [5, 5.41) is 19.2. The quantitative estimate of drug-likeness (QED) is 0.350. The predicted octanol–water partition coefficient (Wildman–Crippen LogP) is 5.90. The molecule has 0 aliphatic heterocycles. The fraction of sp³-hybridized carbons (Fsp3) is 0. The van der Waals surface area contributed by atoms with Crippen molar-refractivity contribution in [3.8, 4) is 0 Å². The van der Waals surface area contributed by atoms with E-state index in [0.29, 0.717) is 26.5 Å². The number of nitrogens with one attached hydrogen (secondary N) is 1. The van der Waals surface area contributed by atoms with Gasteiger partial charge in [-0.2, -0.15) is 0 Å². The van der Waals surface area contributed by atoms with Gasteiger partial charge >= 0.3 is 0 Å². The zero-order chi connectivity index (χ0) is 19.5. The maximum Gasteiger partial charge on any atom is 0.231 e. The average molecular weight is 415 g/mol. The van der Waals surface area contributed by atoms with Gasteiger partial charge in [-0.1, -0.05) is 36.4 Å². The summed E-state index contributed by atoms with van der Waals surface area (Å²) in [6.07, 6.45) is 0. The molecule has 0 aliphatic carbocycles. The van der Waals surface area contributed by atoms with Crippen molar-refractivity contribution in [2.45, 2.75) is 0 Å². The minimum atomic E-state index is 0.0917. The normalized spacial score (nSPS) is 12.6. The number of para-hydroxylation sites is 2. The standard InChI is InChI=1S/C22H13N3O2S2/c23-19-17-13(11-5-1-3-7-15(11)26-19)10-29-22(17)25-21-18-14(9-28-20(18)24)12-6-2-4-8-16(12)27-21/h1-10,23H,24H2/b23-19?,25-21-. The van der Waals surface area contributed by atoms with Gasteiger partial charge in [-0.15, -0.1) is 22.7 Å². The number of nitrogens with two attached hydrogens (primary N) is 1. The molecular formula is C22H13N3O2S2. The lowest BCUT2D eigenvalue weighted by atomic mass is 10.1. The van der Waals surface area contributed by atoms with Crippen LogP contribution in [-0.4, -0.2) is 0 Å². The smallest absolute Gasteiger partial charge is 0.231 e. The second-order valence-electron chi connectivity index (χ2n) is 6.66. The lowest BCUT2D eigenvalue weighted by Gasteiger charge is -2.01. The van der Waals surface area contributed by atoms with E-state index < -0.39 is 0 Å². The van der Waals surface area contributed by atoms with E-state index in [1.54, 1.807) is 0 Å². The fourth-order valence-corrected chi connectivity index (χ4v) is 5.42. The Morgan fingerprint density at radius 3 is 2.14 bits per heavy atom. The van der Waals surface area contributed by atoms with E-state index in [0.717, 1.165) is 32.5 Å². The molecule has 4 heterocycles. The van der Waals surface area contributed by atoms with E-state index in [1.165, 1.54) is 22.7 Å². The van der Waals surface area contributed by atoms with Gasteiger partial charge in [0, 0.05) is 32.3 Å². The minimum absolute atomic E-state index is 0.0917. The summed E-state index contributed by atoms with van der Waals surface area (Å²) < 4.78 is 11.9. The second-order valence-corrected chi connectivity index (χ2v) is 8.43. The Bertz CT molecular complexity index is 1700. The average Bonchev–Trinajstić information content (AvgIpc) is 3.33. The zero-order valence-corrected chi connectivity index (χ0v) is 16.6. The molecule has 140 valence electrons. The maximum atomic E-state index is 8.40. The number of nitrogen functional groups attached to an aromatic ring is 1. The summed E-state index contributed by atoms with van der Waals surface area (Å²) in [6.45, 7) is 0. The number of hydrogen-bond acceptors (Lipinski definition) is 7. The Labute approximate surface area is 171 Å². The summed E-state index contributed by atoms with van der Waals surface area (Å²) in [5.74, 6) is 0. The number of anilines is 1. The van der Waals surface area contributed by atoms with Gasteiger partial charge in [-0.05, 0) is 12.1 Å². The zero-order valence-electron chi connectivity index (χ0n) is 14.9. The van der Waals surface area contributed by atoms with Crippen LogP contribution in [0.2, 0.25) is 0 Å². The molecule has 0 bridgehead atoms. The van der Waals surface area contributed by atoms with Crippen LogP contribution in [0.25, 0.3) is 43.5 Å². The third kappa shape index (κ3) is 2.38. The molecule has 6 aromatic rings. The van der Waals surface area contributed by atoms with E-state index in [4.69, 9.17) is 25.0 Å². The number of thiophene rings is 2. The molecule has 5 nitrogen and oxygen atoms in total. The minimum Gasteiger partial charge on any atom is -0.438 e. The topological polar surface area (TPSA) is 88.5 Å². The highest BCUT2D eigenvalue weighted by Crippen LogP contribution is 2.36. The Balaban J connectivity index is 1.75. The van der Waals surface area contributed by atoms with E-state index in [2.05, 4.69) is 0 Å². The number of nitrogens with zero attached hydrogens (tertiary/aromatic N) is 1. The third-order valence-corrected chi connectivity index (χ3v) is 6.69. The molecule has 0 unspecified atom stereocenters. The molecule has 3 N–H and O–H groups in total. The van der Waals surface area contributed by atoms with Gasteiger partial charge in [0.2, 0.25) is 11.1 Å². The molecule has 2 aromatic carbocycles. The Kier molecular flexibility index (Phi) is 3.44. The van der Waals surface area contributed by atoms with Crippen LogP contribution in [0.4, 0.5) is 10.0 Å². The molecule has 4 aromatic heterocycles. The Morgan fingerprint density at radius 1 is 0.759 bits per heavy atom. The SMILES string of the molecule is N=c1oc2ccccc2c2csc(/N=c3\oc4ccccc4c4csc(N)c34)c12. The molecule has 0 saturated carbocycles. The first-order valence-corrected chi connectivity index (χ1v) is 10.7. The van der Waals surface area contributed by atoms with Crippen LogP contribution < -0.4 is 16.8 Å². The van der Waals surface area contributed by atoms with Crippen LogP contribution in [0.1, 0.15) is 0 Å². The molecular weight excluding hydrogens is 402 g/mol. The summed E-state index contributed by atoms with van der Waals surface area (Å²) in [7, 11) is 0. The lowest BCUT2D eigenvalue weighted by molar-refractivity contribution is 0.542. The monoisotopic (exact) mass is 415 g/mol. The van der Waals surface area contributed by atoms with Crippen molar-refractivity contribution in [3.05, 3.63) is 70.4 Å². The molecule has 0 spiro atoms. The van der Waals surface area contributed by atoms with Crippen molar-refractivity contribution in [3.63, 3.8) is 0 Å². The van der Waals surface area contributed by atoms with Crippen LogP contribution >= 0.6 is 22.7 Å². The van der Waals surface area contributed by atoms with Gasteiger partial charge in [-0.3, -0.25) is 5.41 Å². The van der Waals surface area contributed by atoms with Crippen molar-refractivity contribution < 1.29 is 8.83 Å². The first kappa shape index (κ1) is 16.5. The highest BCUT2D eigenvalue weighted by atomic mass is 32.1. The van der Waals surface area contributed by atoms with Gasteiger partial charge in [0.25, 0.3) is 0 Å². The van der Waals surface area contributed by atoms with Crippen molar-refractivity contribution in [1.82, 2.24) is 0 Å². The number of benzene rings is 2. The van der Waals surface area contributed by atoms with E-state index in [1.807, 2.05) is 59.3 Å².